The summed E-state index contributed by atoms with van der Waals surface area (Å²) in [5.41, 5.74) is 5.08. The van der Waals surface area contributed by atoms with Crippen LogP contribution in [0.2, 0.25) is 0 Å². The van der Waals surface area contributed by atoms with E-state index in [9.17, 15) is 4.79 Å². The summed E-state index contributed by atoms with van der Waals surface area (Å²) in [4.78, 5) is 17.8. The first-order valence-electron chi connectivity index (χ1n) is 10.9. The average molecular weight is 455 g/mol. The Morgan fingerprint density at radius 1 is 0.970 bits per heavy atom. The molecule has 0 bridgehead atoms. The van der Waals surface area contributed by atoms with Gasteiger partial charge >= 0.3 is 0 Å². The monoisotopic (exact) mass is 454 g/mol. The second-order valence-corrected chi connectivity index (χ2v) is 9.01. The lowest BCUT2D eigenvalue weighted by molar-refractivity contribution is -0.111. The standard InChI is InChI=1S/C28H26N2O2S/c1-19(2)32-25-15-9-21(10-16-25)17-26(22-7-5-4-6-8-22)28(31)30-24-13-11-23(12-14-24)27-18-33-20(3)29-27/h4-19H,1-3H3,(H,30,31)/b26-17+. The Morgan fingerprint density at radius 3 is 2.27 bits per heavy atom. The van der Waals surface area contributed by atoms with E-state index in [2.05, 4.69) is 10.3 Å². The van der Waals surface area contributed by atoms with Crippen LogP contribution in [0.3, 0.4) is 0 Å². The molecule has 0 aliphatic carbocycles. The zero-order valence-corrected chi connectivity index (χ0v) is 19.7. The zero-order chi connectivity index (χ0) is 23.2. The summed E-state index contributed by atoms with van der Waals surface area (Å²) in [6.07, 6.45) is 2.01. The van der Waals surface area contributed by atoms with Crippen LogP contribution in [-0.4, -0.2) is 17.0 Å². The number of aryl methyl sites for hydroxylation is 1. The number of hydrogen-bond acceptors (Lipinski definition) is 4. The molecular formula is C28H26N2O2S. The second kappa shape index (κ2) is 10.3. The molecule has 0 aliphatic heterocycles. The van der Waals surface area contributed by atoms with Gasteiger partial charge < -0.3 is 10.1 Å². The van der Waals surface area contributed by atoms with Crippen LogP contribution in [0, 0.1) is 6.92 Å². The smallest absolute Gasteiger partial charge is 0.256 e. The summed E-state index contributed by atoms with van der Waals surface area (Å²) in [5, 5.41) is 6.10. The number of nitrogens with zero attached hydrogens (tertiary/aromatic N) is 1. The fourth-order valence-corrected chi connectivity index (χ4v) is 4.02. The second-order valence-electron chi connectivity index (χ2n) is 7.94. The number of ether oxygens (including phenoxy) is 1. The number of aromatic nitrogens is 1. The predicted octanol–water partition coefficient (Wildman–Crippen LogP) is 7.09. The van der Waals surface area contributed by atoms with Crippen LogP contribution < -0.4 is 10.1 Å². The van der Waals surface area contributed by atoms with Gasteiger partial charge in [0.25, 0.3) is 5.91 Å². The molecule has 1 heterocycles. The van der Waals surface area contributed by atoms with Crippen LogP contribution in [0.4, 0.5) is 5.69 Å². The van der Waals surface area contributed by atoms with E-state index in [0.717, 1.165) is 38.8 Å². The quantitative estimate of drug-likeness (QED) is 0.240. The Bertz CT molecular complexity index is 1240. The van der Waals surface area contributed by atoms with Crippen molar-refractivity contribution in [3.63, 3.8) is 0 Å². The van der Waals surface area contributed by atoms with Crippen LogP contribution in [0.5, 0.6) is 5.75 Å². The third-order valence-corrected chi connectivity index (χ3v) is 5.72. The lowest BCUT2D eigenvalue weighted by atomic mass is 10.0. The molecule has 0 fully saturated rings. The average Bonchev–Trinajstić information content (AvgIpc) is 3.25. The molecule has 0 spiro atoms. The van der Waals surface area contributed by atoms with Crippen molar-refractivity contribution >= 4 is 34.6 Å². The van der Waals surface area contributed by atoms with Gasteiger partial charge in [-0.05, 0) is 62.2 Å². The van der Waals surface area contributed by atoms with Crippen LogP contribution in [-0.2, 0) is 4.79 Å². The number of hydrogen-bond donors (Lipinski definition) is 1. The van der Waals surface area contributed by atoms with Crippen LogP contribution in [0.1, 0.15) is 30.0 Å². The van der Waals surface area contributed by atoms with Gasteiger partial charge in [0.1, 0.15) is 5.75 Å². The summed E-state index contributed by atoms with van der Waals surface area (Å²) in [7, 11) is 0. The van der Waals surface area contributed by atoms with Crippen molar-refractivity contribution in [2.75, 3.05) is 5.32 Å². The van der Waals surface area contributed by atoms with E-state index in [1.807, 2.05) is 111 Å². The van der Waals surface area contributed by atoms with Crippen molar-refractivity contribution in [3.8, 4) is 17.0 Å². The molecule has 3 aromatic carbocycles. The van der Waals surface area contributed by atoms with Crippen LogP contribution in [0.15, 0.2) is 84.2 Å². The molecule has 1 aromatic heterocycles. The van der Waals surface area contributed by atoms with Crippen molar-refractivity contribution in [1.29, 1.82) is 0 Å². The van der Waals surface area contributed by atoms with E-state index < -0.39 is 0 Å². The SMILES string of the molecule is Cc1nc(-c2ccc(NC(=O)/C(=C/c3ccc(OC(C)C)cc3)c3ccccc3)cc2)cs1. The Kier molecular flexibility index (Phi) is 7.01. The molecule has 166 valence electrons. The highest BCUT2D eigenvalue weighted by molar-refractivity contribution is 7.09. The minimum Gasteiger partial charge on any atom is -0.491 e. The molecule has 0 saturated heterocycles. The molecule has 33 heavy (non-hydrogen) atoms. The molecular weight excluding hydrogens is 428 g/mol. The van der Waals surface area contributed by atoms with Crippen molar-refractivity contribution in [3.05, 3.63) is 100 Å². The summed E-state index contributed by atoms with van der Waals surface area (Å²) < 4.78 is 5.72. The van der Waals surface area contributed by atoms with Crippen molar-refractivity contribution in [2.45, 2.75) is 26.9 Å². The maximum Gasteiger partial charge on any atom is 0.256 e. The third-order valence-electron chi connectivity index (χ3n) is 4.95. The first-order valence-corrected chi connectivity index (χ1v) is 11.7. The van der Waals surface area contributed by atoms with Gasteiger partial charge in [-0.3, -0.25) is 4.79 Å². The summed E-state index contributed by atoms with van der Waals surface area (Å²) >= 11 is 1.62. The largest absolute Gasteiger partial charge is 0.491 e. The van der Waals surface area contributed by atoms with Gasteiger partial charge in [0.15, 0.2) is 0 Å². The number of carbonyl (C=O) groups is 1. The van der Waals surface area contributed by atoms with Crippen LogP contribution >= 0.6 is 11.3 Å². The number of rotatable bonds is 7. The van der Waals surface area contributed by atoms with Gasteiger partial charge in [0.05, 0.1) is 16.8 Å². The summed E-state index contributed by atoms with van der Waals surface area (Å²) in [5.74, 6) is 0.643. The number of thiazole rings is 1. The highest BCUT2D eigenvalue weighted by Gasteiger charge is 2.13. The summed E-state index contributed by atoms with van der Waals surface area (Å²) in [6.45, 7) is 5.98. The molecule has 0 unspecified atom stereocenters. The Labute approximate surface area is 198 Å². The Hall–Kier alpha value is -3.70. The summed E-state index contributed by atoms with van der Waals surface area (Å²) in [6, 6.07) is 25.2. The van der Waals surface area contributed by atoms with E-state index in [1.165, 1.54) is 0 Å². The molecule has 0 atom stereocenters. The Morgan fingerprint density at radius 2 is 1.67 bits per heavy atom. The molecule has 0 radical (unpaired) electrons. The molecule has 4 rings (SSSR count). The lowest BCUT2D eigenvalue weighted by Crippen LogP contribution is -2.13. The highest BCUT2D eigenvalue weighted by atomic mass is 32.1. The minimum atomic E-state index is -0.166. The molecule has 1 amide bonds. The number of benzene rings is 3. The molecule has 0 saturated carbocycles. The third kappa shape index (κ3) is 5.96. The van der Waals surface area contributed by atoms with E-state index >= 15 is 0 Å². The molecule has 5 heteroatoms. The van der Waals surface area contributed by atoms with Gasteiger partial charge in [-0.15, -0.1) is 11.3 Å². The van der Waals surface area contributed by atoms with Gasteiger partial charge in [-0.2, -0.15) is 0 Å². The molecule has 4 aromatic rings. The van der Waals surface area contributed by atoms with E-state index in [1.54, 1.807) is 11.3 Å². The van der Waals surface area contributed by atoms with Crippen LogP contribution in [0.25, 0.3) is 22.9 Å². The molecule has 4 nitrogen and oxygen atoms in total. The number of carbonyl (C=O) groups excluding carboxylic acids is 1. The highest BCUT2D eigenvalue weighted by Crippen LogP contribution is 2.25. The van der Waals surface area contributed by atoms with Gasteiger partial charge in [0, 0.05) is 22.2 Å². The van der Waals surface area contributed by atoms with Gasteiger partial charge in [-0.1, -0.05) is 54.6 Å². The van der Waals surface area contributed by atoms with Crippen molar-refractivity contribution < 1.29 is 9.53 Å². The normalized spacial score (nSPS) is 11.5. The maximum atomic E-state index is 13.3. The van der Waals surface area contributed by atoms with Gasteiger partial charge in [0.2, 0.25) is 0 Å². The zero-order valence-electron chi connectivity index (χ0n) is 18.9. The van der Waals surface area contributed by atoms with Crippen molar-refractivity contribution in [2.24, 2.45) is 0 Å². The topological polar surface area (TPSA) is 51.2 Å². The minimum absolute atomic E-state index is 0.114. The lowest BCUT2D eigenvalue weighted by Gasteiger charge is -2.11. The van der Waals surface area contributed by atoms with E-state index in [4.69, 9.17) is 4.74 Å². The molecule has 0 aliphatic rings. The van der Waals surface area contributed by atoms with Gasteiger partial charge in [-0.25, -0.2) is 4.98 Å². The molecule has 1 N–H and O–H groups in total. The maximum absolute atomic E-state index is 13.3. The fraction of sp³-hybridized carbons (Fsp3) is 0.143. The number of amides is 1. The Balaban J connectivity index is 1.57. The number of anilines is 1. The first kappa shape index (κ1) is 22.5. The first-order chi connectivity index (χ1) is 16.0. The number of nitrogens with one attached hydrogen (secondary N) is 1. The fourth-order valence-electron chi connectivity index (χ4n) is 3.40. The van der Waals surface area contributed by atoms with E-state index in [-0.39, 0.29) is 12.0 Å². The van der Waals surface area contributed by atoms with E-state index in [0.29, 0.717) is 5.57 Å². The van der Waals surface area contributed by atoms with Crippen molar-refractivity contribution in [1.82, 2.24) is 4.98 Å². The predicted molar refractivity (Wildman–Crippen MR) is 137 cm³/mol.